The highest BCUT2D eigenvalue weighted by Gasteiger charge is 2.24. The van der Waals surface area contributed by atoms with Crippen molar-refractivity contribution in [3.63, 3.8) is 0 Å². The first-order valence-corrected chi connectivity index (χ1v) is 8.44. The van der Waals surface area contributed by atoms with Gasteiger partial charge >= 0.3 is 0 Å². The van der Waals surface area contributed by atoms with Crippen molar-refractivity contribution in [1.82, 2.24) is 5.32 Å². The summed E-state index contributed by atoms with van der Waals surface area (Å²) in [6.07, 6.45) is 5.40. The Kier molecular flexibility index (Phi) is 5.83. The Morgan fingerprint density at radius 1 is 1.14 bits per heavy atom. The third-order valence-electron chi connectivity index (χ3n) is 4.94. The van der Waals surface area contributed by atoms with Gasteiger partial charge in [-0.1, -0.05) is 44.2 Å². The van der Waals surface area contributed by atoms with E-state index in [4.69, 9.17) is 0 Å². The van der Waals surface area contributed by atoms with Gasteiger partial charge < -0.3 is 10.4 Å². The monoisotopic (exact) mass is 289 g/mol. The van der Waals surface area contributed by atoms with Crippen LogP contribution in [-0.2, 0) is 5.41 Å². The molecule has 1 aromatic carbocycles. The molecule has 0 radical (unpaired) electrons. The van der Waals surface area contributed by atoms with Crippen molar-refractivity contribution in [2.45, 2.75) is 70.4 Å². The number of rotatable bonds is 6. The van der Waals surface area contributed by atoms with Crippen molar-refractivity contribution in [3.8, 4) is 0 Å². The summed E-state index contributed by atoms with van der Waals surface area (Å²) in [6.45, 7) is 8.05. The number of benzene rings is 1. The van der Waals surface area contributed by atoms with E-state index in [2.05, 4.69) is 56.4 Å². The van der Waals surface area contributed by atoms with Gasteiger partial charge in [0.1, 0.15) is 0 Å². The minimum Gasteiger partial charge on any atom is -0.393 e. The second-order valence-electron chi connectivity index (χ2n) is 7.44. The van der Waals surface area contributed by atoms with Gasteiger partial charge in [-0.05, 0) is 62.5 Å². The van der Waals surface area contributed by atoms with E-state index in [0.717, 1.165) is 31.7 Å². The van der Waals surface area contributed by atoms with Crippen LogP contribution in [0.25, 0.3) is 0 Å². The maximum atomic E-state index is 9.56. The summed E-state index contributed by atoms with van der Waals surface area (Å²) in [4.78, 5) is 0. The molecule has 0 amide bonds. The van der Waals surface area contributed by atoms with Gasteiger partial charge in [0, 0.05) is 6.04 Å². The van der Waals surface area contributed by atoms with E-state index < -0.39 is 0 Å². The Balaban J connectivity index is 1.77. The standard InChI is InChI=1S/C19H31NO/c1-15(20-14-16-9-11-18(21)12-10-16)13-19(2,3)17-7-5-4-6-8-17/h4-8,15-16,18,20-21H,9-14H2,1-3H3. The summed E-state index contributed by atoms with van der Waals surface area (Å²) in [5.41, 5.74) is 1.62. The van der Waals surface area contributed by atoms with Gasteiger partial charge in [-0.15, -0.1) is 0 Å². The van der Waals surface area contributed by atoms with Crippen molar-refractivity contribution in [3.05, 3.63) is 35.9 Å². The summed E-state index contributed by atoms with van der Waals surface area (Å²) in [6, 6.07) is 11.3. The van der Waals surface area contributed by atoms with E-state index in [1.807, 2.05) is 0 Å². The number of nitrogens with one attached hydrogen (secondary N) is 1. The molecule has 2 N–H and O–H groups in total. The van der Waals surface area contributed by atoms with E-state index in [9.17, 15) is 5.11 Å². The van der Waals surface area contributed by atoms with Crippen LogP contribution in [0.5, 0.6) is 0 Å². The average molecular weight is 289 g/mol. The second-order valence-corrected chi connectivity index (χ2v) is 7.44. The van der Waals surface area contributed by atoms with Crippen molar-refractivity contribution < 1.29 is 5.11 Å². The van der Waals surface area contributed by atoms with E-state index in [1.54, 1.807) is 0 Å². The predicted octanol–water partition coefficient (Wildman–Crippen LogP) is 3.88. The molecule has 2 rings (SSSR count). The normalized spacial score (nSPS) is 24.8. The van der Waals surface area contributed by atoms with Gasteiger partial charge in [-0.2, -0.15) is 0 Å². The summed E-state index contributed by atoms with van der Waals surface area (Å²) >= 11 is 0. The first-order chi connectivity index (χ1) is 9.97. The van der Waals surface area contributed by atoms with E-state index >= 15 is 0 Å². The zero-order valence-corrected chi connectivity index (χ0v) is 13.8. The van der Waals surface area contributed by atoms with Crippen molar-refractivity contribution in [2.75, 3.05) is 6.54 Å². The highest BCUT2D eigenvalue weighted by molar-refractivity contribution is 5.23. The molecule has 1 unspecified atom stereocenters. The molecule has 1 aromatic rings. The molecule has 0 aliphatic heterocycles. The maximum absolute atomic E-state index is 9.56. The Hall–Kier alpha value is -0.860. The van der Waals surface area contributed by atoms with Gasteiger partial charge in [0.05, 0.1) is 6.10 Å². The lowest BCUT2D eigenvalue weighted by Crippen LogP contribution is -2.37. The molecule has 1 aliphatic rings. The Bertz CT molecular complexity index is 407. The first-order valence-electron chi connectivity index (χ1n) is 8.44. The predicted molar refractivity (Wildman–Crippen MR) is 89.5 cm³/mol. The lowest BCUT2D eigenvalue weighted by molar-refractivity contribution is 0.107. The van der Waals surface area contributed by atoms with Crippen molar-refractivity contribution >= 4 is 0 Å². The summed E-state index contributed by atoms with van der Waals surface area (Å²) in [7, 11) is 0. The quantitative estimate of drug-likeness (QED) is 0.833. The fraction of sp³-hybridized carbons (Fsp3) is 0.684. The van der Waals surface area contributed by atoms with Gasteiger partial charge in [0.25, 0.3) is 0 Å². The molecule has 0 aromatic heterocycles. The first kappa shape index (κ1) is 16.5. The summed E-state index contributed by atoms with van der Waals surface area (Å²) in [5.74, 6) is 0.746. The molecule has 118 valence electrons. The van der Waals surface area contributed by atoms with E-state index in [1.165, 1.54) is 18.4 Å². The highest BCUT2D eigenvalue weighted by atomic mass is 16.3. The molecule has 0 spiro atoms. The zero-order valence-electron chi connectivity index (χ0n) is 13.8. The maximum Gasteiger partial charge on any atom is 0.0540 e. The minimum atomic E-state index is -0.0457. The Morgan fingerprint density at radius 3 is 2.38 bits per heavy atom. The van der Waals surface area contributed by atoms with Crippen LogP contribution in [0, 0.1) is 5.92 Å². The molecule has 1 saturated carbocycles. The molecule has 0 heterocycles. The molecular formula is C19H31NO. The molecular weight excluding hydrogens is 258 g/mol. The lowest BCUT2D eigenvalue weighted by atomic mass is 9.79. The third-order valence-corrected chi connectivity index (χ3v) is 4.94. The molecule has 1 aliphatic carbocycles. The SMILES string of the molecule is CC(CC(C)(C)c1ccccc1)NCC1CCC(O)CC1. The zero-order chi connectivity index (χ0) is 15.3. The second kappa shape index (κ2) is 7.42. The van der Waals surface area contributed by atoms with Crippen LogP contribution < -0.4 is 5.32 Å². The fourth-order valence-corrected chi connectivity index (χ4v) is 3.56. The third kappa shape index (κ3) is 5.12. The van der Waals surface area contributed by atoms with E-state index in [0.29, 0.717) is 6.04 Å². The molecule has 1 atom stereocenters. The van der Waals surface area contributed by atoms with Crippen molar-refractivity contribution in [1.29, 1.82) is 0 Å². The highest BCUT2D eigenvalue weighted by Crippen LogP contribution is 2.28. The van der Waals surface area contributed by atoms with E-state index in [-0.39, 0.29) is 11.5 Å². The molecule has 21 heavy (non-hydrogen) atoms. The van der Waals surface area contributed by atoms with Crippen LogP contribution in [0.4, 0.5) is 0 Å². The van der Waals surface area contributed by atoms with Gasteiger partial charge in [0.2, 0.25) is 0 Å². The lowest BCUT2D eigenvalue weighted by Gasteiger charge is -2.31. The largest absolute Gasteiger partial charge is 0.393 e. The Labute approximate surface area is 130 Å². The molecule has 0 bridgehead atoms. The Morgan fingerprint density at radius 2 is 1.76 bits per heavy atom. The fourth-order valence-electron chi connectivity index (χ4n) is 3.56. The van der Waals surface area contributed by atoms with Gasteiger partial charge in [-0.3, -0.25) is 0 Å². The van der Waals surface area contributed by atoms with Gasteiger partial charge in [-0.25, -0.2) is 0 Å². The van der Waals surface area contributed by atoms with Crippen LogP contribution in [0.3, 0.4) is 0 Å². The molecule has 1 fully saturated rings. The van der Waals surface area contributed by atoms with Crippen molar-refractivity contribution in [2.24, 2.45) is 5.92 Å². The molecule has 2 nitrogen and oxygen atoms in total. The molecule has 0 saturated heterocycles. The average Bonchev–Trinajstić information content (AvgIpc) is 2.47. The summed E-state index contributed by atoms with van der Waals surface area (Å²) in [5, 5.41) is 13.3. The van der Waals surface area contributed by atoms with Crippen LogP contribution >= 0.6 is 0 Å². The van der Waals surface area contributed by atoms with Crippen LogP contribution in [0.15, 0.2) is 30.3 Å². The number of hydrogen-bond acceptors (Lipinski definition) is 2. The topological polar surface area (TPSA) is 32.3 Å². The number of aliphatic hydroxyl groups excluding tert-OH is 1. The molecule has 2 heteroatoms. The van der Waals surface area contributed by atoms with Crippen LogP contribution in [-0.4, -0.2) is 23.8 Å². The van der Waals surface area contributed by atoms with Gasteiger partial charge in [0.15, 0.2) is 0 Å². The number of hydrogen-bond donors (Lipinski definition) is 2. The number of aliphatic hydroxyl groups is 1. The van der Waals surface area contributed by atoms with Crippen LogP contribution in [0.2, 0.25) is 0 Å². The smallest absolute Gasteiger partial charge is 0.0540 e. The summed E-state index contributed by atoms with van der Waals surface area (Å²) < 4.78 is 0. The minimum absolute atomic E-state index is 0.0457. The van der Waals surface area contributed by atoms with Crippen LogP contribution in [0.1, 0.15) is 58.4 Å².